The van der Waals surface area contributed by atoms with Gasteiger partial charge in [-0.1, -0.05) is 48.0 Å². The number of hydrogen-bond donors (Lipinski definition) is 1. The molecule has 0 fully saturated rings. The molecule has 1 aliphatic rings. The molecule has 1 aromatic carbocycles. The van der Waals surface area contributed by atoms with Crippen LogP contribution in [0.2, 0.25) is 0 Å². The molecule has 106 valence electrons. The molecular formula is C14H10ClF3O2. The molecule has 0 bridgehead atoms. The number of allylic oxidation sites excluding steroid dienone is 2. The van der Waals surface area contributed by atoms with Crippen LogP contribution in [0.4, 0.5) is 13.2 Å². The monoisotopic (exact) mass is 302 g/mol. The standard InChI is InChI=1S/C14H10ClF3O2/c15-11-7-6-10(8-19)13(20,14(16,17)18)12(11)9-4-2-1-3-5-9/h1-8,10,20H. The average molecular weight is 303 g/mol. The second-order valence-electron chi connectivity index (χ2n) is 4.37. The van der Waals surface area contributed by atoms with Gasteiger partial charge in [-0.3, -0.25) is 0 Å². The van der Waals surface area contributed by atoms with Crippen LogP contribution in [0.1, 0.15) is 5.56 Å². The minimum Gasteiger partial charge on any atom is -0.375 e. The third-order valence-corrected chi connectivity index (χ3v) is 3.51. The van der Waals surface area contributed by atoms with Gasteiger partial charge in [-0.2, -0.15) is 13.2 Å². The molecule has 6 heteroatoms. The van der Waals surface area contributed by atoms with Crippen molar-refractivity contribution in [3.63, 3.8) is 0 Å². The summed E-state index contributed by atoms with van der Waals surface area (Å²) < 4.78 is 40.0. The average Bonchev–Trinajstić information content (AvgIpc) is 2.39. The van der Waals surface area contributed by atoms with E-state index in [4.69, 9.17) is 11.6 Å². The summed E-state index contributed by atoms with van der Waals surface area (Å²) in [6.07, 6.45) is -2.82. The first-order valence-electron chi connectivity index (χ1n) is 5.70. The van der Waals surface area contributed by atoms with Crippen molar-refractivity contribution in [2.24, 2.45) is 5.92 Å². The van der Waals surface area contributed by atoms with Crippen LogP contribution >= 0.6 is 11.6 Å². The molecule has 0 radical (unpaired) electrons. The van der Waals surface area contributed by atoms with Gasteiger partial charge in [0.2, 0.25) is 5.60 Å². The molecule has 2 nitrogen and oxygen atoms in total. The van der Waals surface area contributed by atoms with Crippen molar-refractivity contribution >= 4 is 23.5 Å². The zero-order valence-electron chi connectivity index (χ0n) is 10.1. The Hall–Kier alpha value is -1.59. The van der Waals surface area contributed by atoms with Crippen LogP contribution in [0.3, 0.4) is 0 Å². The number of hydrogen-bond acceptors (Lipinski definition) is 2. The summed E-state index contributed by atoms with van der Waals surface area (Å²) in [5.41, 5.74) is -3.72. The topological polar surface area (TPSA) is 37.3 Å². The maximum Gasteiger partial charge on any atom is 0.422 e. The Labute approximate surface area is 118 Å². The summed E-state index contributed by atoms with van der Waals surface area (Å²) in [5.74, 6) is -1.74. The van der Waals surface area contributed by atoms with E-state index in [9.17, 15) is 23.1 Å². The van der Waals surface area contributed by atoms with Crippen LogP contribution in [0.25, 0.3) is 5.57 Å². The second kappa shape index (κ2) is 5.07. The quantitative estimate of drug-likeness (QED) is 0.851. The van der Waals surface area contributed by atoms with E-state index in [1.54, 1.807) is 6.07 Å². The number of alkyl halides is 3. The predicted molar refractivity (Wildman–Crippen MR) is 68.9 cm³/mol. The molecule has 1 aliphatic carbocycles. The highest BCUT2D eigenvalue weighted by molar-refractivity contribution is 6.35. The lowest BCUT2D eigenvalue weighted by atomic mass is 9.75. The number of carbonyl (C=O) groups excluding carboxylic acids is 1. The van der Waals surface area contributed by atoms with Gasteiger partial charge >= 0.3 is 6.18 Å². The first-order valence-corrected chi connectivity index (χ1v) is 6.08. The van der Waals surface area contributed by atoms with Crippen LogP contribution in [-0.4, -0.2) is 23.2 Å². The number of halogens is 4. The lowest BCUT2D eigenvalue weighted by molar-refractivity contribution is -0.244. The SMILES string of the molecule is O=CC1C=CC(Cl)=C(c2ccccc2)C1(O)C(F)(F)F. The zero-order chi connectivity index (χ0) is 15.0. The van der Waals surface area contributed by atoms with Gasteiger partial charge in [0, 0.05) is 10.6 Å². The molecule has 0 saturated carbocycles. The van der Waals surface area contributed by atoms with Crippen LogP contribution in [0.15, 0.2) is 47.5 Å². The fraction of sp³-hybridized carbons (Fsp3) is 0.214. The van der Waals surface area contributed by atoms with Gasteiger partial charge < -0.3 is 9.90 Å². The van der Waals surface area contributed by atoms with Gasteiger partial charge in [0.25, 0.3) is 0 Å². The van der Waals surface area contributed by atoms with Crippen LogP contribution in [-0.2, 0) is 4.79 Å². The van der Waals surface area contributed by atoms with E-state index >= 15 is 0 Å². The number of benzene rings is 1. The van der Waals surface area contributed by atoms with Crippen LogP contribution < -0.4 is 0 Å². The Balaban J connectivity index is 2.71. The van der Waals surface area contributed by atoms with Crippen LogP contribution in [0.5, 0.6) is 0 Å². The minimum atomic E-state index is -5.03. The maximum atomic E-state index is 13.3. The summed E-state index contributed by atoms with van der Waals surface area (Å²) in [6.45, 7) is 0. The minimum absolute atomic E-state index is 0.0657. The largest absolute Gasteiger partial charge is 0.422 e. The van der Waals surface area contributed by atoms with Crippen molar-refractivity contribution in [1.29, 1.82) is 0 Å². The molecule has 2 atom stereocenters. The highest BCUT2D eigenvalue weighted by atomic mass is 35.5. The van der Waals surface area contributed by atoms with Crippen molar-refractivity contribution in [1.82, 2.24) is 0 Å². The lowest BCUT2D eigenvalue weighted by Gasteiger charge is -2.38. The molecule has 0 amide bonds. The summed E-state index contributed by atoms with van der Waals surface area (Å²) in [4.78, 5) is 10.9. The zero-order valence-corrected chi connectivity index (χ0v) is 10.8. The van der Waals surface area contributed by atoms with E-state index in [2.05, 4.69) is 0 Å². The molecule has 1 N–H and O–H groups in total. The molecule has 0 aromatic heterocycles. The van der Waals surface area contributed by atoms with E-state index in [-0.39, 0.29) is 16.9 Å². The smallest absolute Gasteiger partial charge is 0.375 e. The van der Waals surface area contributed by atoms with E-state index in [0.29, 0.717) is 0 Å². The van der Waals surface area contributed by atoms with E-state index in [1.807, 2.05) is 0 Å². The number of aliphatic hydroxyl groups is 1. The van der Waals surface area contributed by atoms with Gasteiger partial charge in [-0.15, -0.1) is 0 Å². The first-order chi connectivity index (χ1) is 9.32. The fourth-order valence-electron chi connectivity index (χ4n) is 2.20. The highest BCUT2D eigenvalue weighted by Gasteiger charge is 2.62. The normalized spacial score (nSPS) is 26.8. The third kappa shape index (κ3) is 2.17. The molecule has 0 spiro atoms. The van der Waals surface area contributed by atoms with E-state index in [1.165, 1.54) is 30.3 Å². The van der Waals surface area contributed by atoms with E-state index < -0.39 is 23.3 Å². The molecule has 1 aromatic rings. The number of carbonyl (C=O) groups is 1. The van der Waals surface area contributed by atoms with Gasteiger partial charge in [-0.25, -0.2) is 0 Å². The van der Waals surface area contributed by atoms with Gasteiger partial charge in [-0.05, 0) is 11.6 Å². The van der Waals surface area contributed by atoms with Crippen molar-refractivity contribution in [3.05, 3.63) is 53.1 Å². The molecule has 0 aliphatic heterocycles. The Morgan fingerprint density at radius 2 is 1.85 bits per heavy atom. The Bertz CT molecular complexity index is 578. The molecule has 20 heavy (non-hydrogen) atoms. The Kier molecular flexibility index (Phi) is 3.75. The summed E-state index contributed by atoms with van der Waals surface area (Å²) in [5, 5.41) is 9.96. The van der Waals surface area contributed by atoms with Gasteiger partial charge in [0.15, 0.2) is 0 Å². The molecular weight excluding hydrogens is 293 g/mol. The Morgan fingerprint density at radius 1 is 1.25 bits per heavy atom. The van der Waals surface area contributed by atoms with Crippen molar-refractivity contribution in [2.45, 2.75) is 11.8 Å². The maximum absolute atomic E-state index is 13.3. The van der Waals surface area contributed by atoms with Crippen molar-refractivity contribution in [3.8, 4) is 0 Å². The second-order valence-corrected chi connectivity index (χ2v) is 4.78. The first kappa shape index (κ1) is 14.8. The number of rotatable bonds is 2. The lowest BCUT2D eigenvalue weighted by Crippen LogP contribution is -2.53. The summed E-state index contributed by atoms with van der Waals surface area (Å²) in [7, 11) is 0. The Morgan fingerprint density at radius 3 is 2.35 bits per heavy atom. The number of aldehydes is 1. The van der Waals surface area contributed by atoms with Crippen molar-refractivity contribution in [2.75, 3.05) is 0 Å². The predicted octanol–water partition coefficient (Wildman–Crippen LogP) is 3.31. The fourth-order valence-corrected chi connectivity index (χ4v) is 2.52. The molecule has 0 saturated heterocycles. The molecule has 2 unspecified atom stereocenters. The third-order valence-electron chi connectivity index (χ3n) is 3.19. The highest BCUT2D eigenvalue weighted by Crippen LogP contribution is 2.49. The van der Waals surface area contributed by atoms with Gasteiger partial charge in [0.05, 0.1) is 5.92 Å². The molecule has 2 rings (SSSR count). The van der Waals surface area contributed by atoms with E-state index in [0.717, 1.165) is 6.08 Å². The molecule has 0 heterocycles. The summed E-state index contributed by atoms with van der Waals surface area (Å²) >= 11 is 5.85. The summed E-state index contributed by atoms with van der Waals surface area (Å²) in [6, 6.07) is 7.47. The van der Waals surface area contributed by atoms with Crippen molar-refractivity contribution < 1.29 is 23.1 Å². The van der Waals surface area contributed by atoms with Gasteiger partial charge in [0.1, 0.15) is 6.29 Å². The van der Waals surface area contributed by atoms with Crippen LogP contribution in [0, 0.1) is 5.92 Å².